The lowest BCUT2D eigenvalue weighted by molar-refractivity contribution is 0.194. The summed E-state index contributed by atoms with van der Waals surface area (Å²) in [4.78, 5) is 2.37. The second-order valence-corrected chi connectivity index (χ2v) is 5.26. The third kappa shape index (κ3) is 3.02. The molecular formula is C14H21N5. The molecule has 0 bridgehead atoms. The van der Waals surface area contributed by atoms with Gasteiger partial charge < -0.3 is 10.2 Å². The fraction of sp³-hybridized carbons (Fsp3) is 0.643. The molecule has 1 aliphatic rings. The summed E-state index contributed by atoms with van der Waals surface area (Å²) in [5.41, 5.74) is 2.35. The standard InChI is InChI=1S/C14H21N5/c1-10-11(2)17-18-14(13(10)8-15)16-9-12-6-4-5-7-19(12)3/h12H,4-7,9H2,1-3H3,(H,16,18). The highest BCUT2D eigenvalue weighted by molar-refractivity contribution is 5.55. The van der Waals surface area contributed by atoms with E-state index in [1.165, 1.54) is 19.3 Å². The van der Waals surface area contributed by atoms with E-state index in [1.807, 2.05) is 13.8 Å². The van der Waals surface area contributed by atoms with Crippen molar-refractivity contribution < 1.29 is 0 Å². The van der Waals surface area contributed by atoms with E-state index in [1.54, 1.807) is 0 Å². The SMILES string of the molecule is Cc1nnc(NCC2CCCCN2C)c(C#N)c1C. The average molecular weight is 259 g/mol. The zero-order valence-electron chi connectivity index (χ0n) is 11.9. The number of aromatic nitrogens is 2. The monoisotopic (exact) mass is 259 g/mol. The first-order chi connectivity index (χ1) is 9.13. The summed E-state index contributed by atoms with van der Waals surface area (Å²) in [7, 11) is 2.16. The quantitative estimate of drug-likeness (QED) is 0.897. The normalized spacial score (nSPS) is 20.0. The molecule has 0 saturated carbocycles. The largest absolute Gasteiger partial charge is 0.366 e. The summed E-state index contributed by atoms with van der Waals surface area (Å²) in [6.45, 7) is 5.76. The van der Waals surface area contributed by atoms with Gasteiger partial charge in [-0.25, -0.2) is 0 Å². The Morgan fingerprint density at radius 1 is 1.37 bits per heavy atom. The molecule has 1 aromatic rings. The second kappa shape index (κ2) is 5.98. The smallest absolute Gasteiger partial charge is 0.166 e. The highest BCUT2D eigenvalue weighted by Crippen LogP contribution is 2.19. The molecule has 0 aromatic carbocycles. The molecule has 1 N–H and O–H groups in total. The summed E-state index contributed by atoms with van der Waals surface area (Å²) in [5, 5.41) is 20.7. The minimum atomic E-state index is 0.517. The van der Waals surface area contributed by atoms with Crippen molar-refractivity contribution in [2.24, 2.45) is 0 Å². The van der Waals surface area contributed by atoms with Crippen LogP contribution in [0.15, 0.2) is 0 Å². The van der Waals surface area contributed by atoms with E-state index >= 15 is 0 Å². The van der Waals surface area contributed by atoms with Crippen LogP contribution < -0.4 is 5.32 Å². The van der Waals surface area contributed by atoms with Crippen LogP contribution >= 0.6 is 0 Å². The van der Waals surface area contributed by atoms with Crippen molar-refractivity contribution in [2.45, 2.75) is 39.2 Å². The lowest BCUT2D eigenvalue weighted by atomic mass is 10.0. The van der Waals surface area contributed by atoms with Crippen LogP contribution in [0.25, 0.3) is 0 Å². The van der Waals surface area contributed by atoms with E-state index in [0.29, 0.717) is 17.4 Å². The van der Waals surface area contributed by atoms with Crippen molar-refractivity contribution >= 4 is 5.82 Å². The van der Waals surface area contributed by atoms with Crippen LogP contribution in [0.2, 0.25) is 0 Å². The number of rotatable bonds is 3. The van der Waals surface area contributed by atoms with Crippen molar-refractivity contribution in [3.8, 4) is 6.07 Å². The van der Waals surface area contributed by atoms with Gasteiger partial charge in [0.15, 0.2) is 5.82 Å². The highest BCUT2D eigenvalue weighted by Gasteiger charge is 2.19. The number of likely N-dealkylation sites (N-methyl/N-ethyl adjacent to an activating group) is 1. The molecule has 1 atom stereocenters. The minimum Gasteiger partial charge on any atom is -0.366 e. The van der Waals surface area contributed by atoms with Gasteiger partial charge in [0.1, 0.15) is 11.6 Å². The Balaban J connectivity index is 2.07. The first-order valence-corrected chi connectivity index (χ1v) is 6.81. The Hall–Kier alpha value is -1.67. The topological polar surface area (TPSA) is 64.8 Å². The molecule has 5 nitrogen and oxygen atoms in total. The van der Waals surface area contributed by atoms with Crippen LogP contribution in [-0.4, -0.2) is 41.3 Å². The number of piperidine rings is 1. The fourth-order valence-corrected chi connectivity index (χ4v) is 2.49. The van der Waals surface area contributed by atoms with Crippen molar-refractivity contribution in [3.05, 3.63) is 16.8 Å². The molecule has 19 heavy (non-hydrogen) atoms. The van der Waals surface area contributed by atoms with E-state index in [-0.39, 0.29) is 0 Å². The van der Waals surface area contributed by atoms with E-state index in [2.05, 4.69) is 33.5 Å². The average Bonchev–Trinajstić information content (AvgIpc) is 2.41. The second-order valence-electron chi connectivity index (χ2n) is 5.26. The minimum absolute atomic E-state index is 0.517. The molecule has 0 radical (unpaired) electrons. The maximum atomic E-state index is 9.24. The van der Waals surface area contributed by atoms with Crippen molar-refractivity contribution in [3.63, 3.8) is 0 Å². The summed E-state index contributed by atoms with van der Waals surface area (Å²) >= 11 is 0. The molecule has 5 heteroatoms. The van der Waals surface area contributed by atoms with E-state index in [0.717, 1.165) is 24.3 Å². The summed E-state index contributed by atoms with van der Waals surface area (Å²) in [6, 6.07) is 2.74. The van der Waals surface area contributed by atoms with Gasteiger partial charge in [0.25, 0.3) is 0 Å². The lowest BCUT2D eigenvalue weighted by Gasteiger charge is -2.32. The number of likely N-dealkylation sites (tertiary alicyclic amines) is 1. The first kappa shape index (κ1) is 13.8. The van der Waals surface area contributed by atoms with Gasteiger partial charge in [-0.1, -0.05) is 6.42 Å². The molecule has 1 saturated heterocycles. The summed E-state index contributed by atoms with van der Waals surface area (Å²) < 4.78 is 0. The molecule has 0 aliphatic carbocycles. The van der Waals surface area contributed by atoms with Gasteiger partial charge in [0, 0.05) is 12.6 Å². The zero-order valence-corrected chi connectivity index (χ0v) is 11.9. The maximum absolute atomic E-state index is 9.24. The van der Waals surface area contributed by atoms with Crippen LogP contribution in [-0.2, 0) is 0 Å². The molecule has 102 valence electrons. The van der Waals surface area contributed by atoms with Gasteiger partial charge in [-0.05, 0) is 45.8 Å². The van der Waals surface area contributed by atoms with E-state index in [9.17, 15) is 5.26 Å². The molecule has 1 aromatic heterocycles. The van der Waals surface area contributed by atoms with Crippen LogP contribution in [0.3, 0.4) is 0 Å². The predicted octanol–water partition coefficient (Wildman–Crippen LogP) is 1.86. The number of hydrogen-bond donors (Lipinski definition) is 1. The molecule has 0 spiro atoms. The van der Waals surface area contributed by atoms with Gasteiger partial charge in [-0.15, -0.1) is 5.10 Å². The van der Waals surface area contributed by atoms with Gasteiger partial charge in [-0.3, -0.25) is 0 Å². The highest BCUT2D eigenvalue weighted by atomic mass is 15.2. The summed E-state index contributed by atoms with van der Waals surface area (Å²) in [6.07, 6.45) is 3.75. The van der Waals surface area contributed by atoms with Crippen molar-refractivity contribution in [1.82, 2.24) is 15.1 Å². The Labute approximate surface area is 114 Å². The number of aryl methyl sites for hydroxylation is 1. The molecule has 2 heterocycles. The Bertz CT molecular complexity index is 491. The van der Waals surface area contributed by atoms with Gasteiger partial charge in [0.2, 0.25) is 0 Å². The number of nitriles is 1. The van der Waals surface area contributed by atoms with E-state index < -0.39 is 0 Å². The molecule has 1 unspecified atom stereocenters. The first-order valence-electron chi connectivity index (χ1n) is 6.81. The fourth-order valence-electron chi connectivity index (χ4n) is 2.49. The lowest BCUT2D eigenvalue weighted by Crippen LogP contribution is -2.41. The number of hydrogen-bond acceptors (Lipinski definition) is 5. The molecule has 2 rings (SSSR count). The van der Waals surface area contributed by atoms with Gasteiger partial charge in [-0.2, -0.15) is 10.4 Å². The molecule has 1 aliphatic heterocycles. The van der Waals surface area contributed by atoms with Crippen LogP contribution in [0.5, 0.6) is 0 Å². The Morgan fingerprint density at radius 3 is 2.84 bits per heavy atom. The van der Waals surface area contributed by atoms with Crippen LogP contribution in [0.4, 0.5) is 5.82 Å². The molecule has 1 fully saturated rings. The Kier molecular flexibility index (Phi) is 4.33. The third-order valence-corrected chi connectivity index (χ3v) is 3.99. The van der Waals surface area contributed by atoms with Crippen molar-refractivity contribution in [1.29, 1.82) is 5.26 Å². The number of anilines is 1. The van der Waals surface area contributed by atoms with Gasteiger partial charge >= 0.3 is 0 Å². The Morgan fingerprint density at radius 2 is 2.16 bits per heavy atom. The predicted molar refractivity (Wildman–Crippen MR) is 75.0 cm³/mol. The molecule has 0 amide bonds. The molecular weight excluding hydrogens is 238 g/mol. The van der Waals surface area contributed by atoms with Crippen molar-refractivity contribution in [2.75, 3.05) is 25.5 Å². The number of nitrogens with zero attached hydrogens (tertiary/aromatic N) is 4. The zero-order chi connectivity index (χ0) is 13.8. The number of nitrogens with one attached hydrogen (secondary N) is 1. The van der Waals surface area contributed by atoms with E-state index in [4.69, 9.17) is 0 Å². The third-order valence-electron chi connectivity index (χ3n) is 3.99. The maximum Gasteiger partial charge on any atom is 0.166 e. The van der Waals surface area contributed by atoms with Gasteiger partial charge in [0.05, 0.1) is 5.69 Å². The van der Waals surface area contributed by atoms with Crippen LogP contribution in [0, 0.1) is 25.2 Å². The van der Waals surface area contributed by atoms with Crippen LogP contribution in [0.1, 0.15) is 36.1 Å². The summed E-state index contributed by atoms with van der Waals surface area (Å²) in [5.74, 6) is 0.615.